The van der Waals surface area contributed by atoms with Crippen LogP contribution >= 0.6 is 0 Å². The van der Waals surface area contributed by atoms with Gasteiger partial charge in [0.15, 0.2) is 0 Å². The smallest absolute Gasteiger partial charge is 0.448 e. The van der Waals surface area contributed by atoms with Crippen molar-refractivity contribution < 1.29 is 19.6 Å². The number of carbonyl (C=O) groups is 1. The topological polar surface area (TPSA) is 99.3 Å². The first-order valence-corrected chi connectivity index (χ1v) is 12.0. The van der Waals surface area contributed by atoms with Crippen molar-refractivity contribution >= 4 is 24.4 Å². The highest BCUT2D eigenvalue weighted by Crippen LogP contribution is 2.44. The van der Waals surface area contributed by atoms with Crippen LogP contribution in [0.2, 0.25) is 0 Å². The zero-order chi connectivity index (χ0) is 24.5. The van der Waals surface area contributed by atoms with E-state index in [0.717, 1.165) is 11.1 Å². The lowest BCUT2D eigenvalue weighted by atomic mass is 9.75. The van der Waals surface area contributed by atoms with Gasteiger partial charge in [-0.1, -0.05) is 48.5 Å². The Bertz CT molecular complexity index is 1200. The number of rotatable bonds is 5. The molecule has 0 aromatic heterocycles. The highest BCUT2D eigenvalue weighted by Gasteiger charge is 2.30. The molecule has 3 aromatic rings. The van der Waals surface area contributed by atoms with Gasteiger partial charge in [0.05, 0.1) is 0 Å². The minimum Gasteiger partial charge on any atom is -0.448 e. The Morgan fingerprint density at radius 3 is 2.20 bits per heavy atom. The van der Waals surface area contributed by atoms with Crippen molar-refractivity contribution in [3.8, 4) is 11.1 Å². The first-order valence-electron chi connectivity index (χ1n) is 12.0. The molecule has 0 bridgehead atoms. The van der Waals surface area contributed by atoms with E-state index in [4.69, 9.17) is 10.5 Å². The number of hydrogen-bond acceptors (Lipinski definition) is 6. The summed E-state index contributed by atoms with van der Waals surface area (Å²) in [7, 11) is -1.55. The molecule has 8 heteroatoms. The van der Waals surface area contributed by atoms with Gasteiger partial charge in [-0.3, -0.25) is 4.90 Å². The summed E-state index contributed by atoms with van der Waals surface area (Å²) < 4.78 is 5.81. The lowest BCUT2D eigenvalue weighted by molar-refractivity contribution is 0.0728. The summed E-state index contributed by atoms with van der Waals surface area (Å²) in [4.78, 5) is 16.9. The Kier molecular flexibility index (Phi) is 6.51. The summed E-state index contributed by atoms with van der Waals surface area (Å²) in [6.45, 7) is 5.39. The molecule has 0 radical (unpaired) electrons. The quantitative estimate of drug-likeness (QED) is 0.390. The lowest BCUT2D eigenvalue weighted by Gasteiger charge is -2.34. The van der Waals surface area contributed by atoms with Crippen LogP contribution in [0.25, 0.3) is 11.1 Å². The van der Waals surface area contributed by atoms with Crippen LogP contribution in [0.1, 0.15) is 28.2 Å². The molecule has 0 spiro atoms. The van der Waals surface area contributed by atoms with Crippen molar-refractivity contribution in [2.45, 2.75) is 19.4 Å². The lowest BCUT2D eigenvalue weighted by Crippen LogP contribution is -2.48. The number of amides is 1. The van der Waals surface area contributed by atoms with Crippen LogP contribution in [-0.4, -0.2) is 65.8 Å². The molecule has 0 atom stereocenters. The van der Waals surface area contributed by atoms with Crippen LogP contribution in [0.15, 0.2) is 60.7 Å². The van der Waals surface area contributed by atoms with Gasteiger partial charge in [-0.15, -0.1) is 0 Å². The maximum absolute atomic E-state index is 12.9. The first-order chi connectivity index (χ1) is 16.9. The molecule has 35 heavy (non-hydrogen) atoms. The second kappa shape index (κ2) is 9.74. The van der Waals surface area contributed by atoms with Gasteiger partial charge >= 0.3 is 13.2 Å². The van der Waals surface area contributed by atoms with E-state index in [-0.39, 0.29) is 12.0 Å². The van der Waals surface area contributed by atoms with Crippen LogP contribution in [-0.2, 0) is 11.3 Å². The molecule has 1 aliphatic heterocycles. The third kappa shape index (κ3) is 4.65. The number of anilines is 1. The largest absolute Gasteiger partial charge is 0.488 e. The summed E-state index contributed by atoms with van der Waals surface area (Å²) in [6.07, 6.45) is -0.280. The van der Waals surface area contributed by atoms with Crippen LogP contribution in [0.5, 0.6) is 0 Å². The van der Waals surface area contributed by atoms with Crippen molar-refractivity contribution in [1.29, 1.82) is 0 Å². The summed E-state index contributed by atoms with van der Waals surface area (Å²) >= 11 is 0. The predicted molar refractivity (Wildman–Crippen MR) is 137 cm³/mol. The molecule has 1 heterocycles. The molecule has 7 nitrogen and oxygen atoms in total. The number of ether oxygens (including phenoxy) is 1. The summed E-state index contributed by atoms with van der Waals surface area (Å²) in [5.41, 5.74) is 13.5. The van der Waals surface area contributed by atoms with Crippen molar-refractivity contribution in [1.82, 2.24) is 9.80 Å². The first kappa shape index (κ1) is 23.4. The van der Waals surface area contributed by atoms with E-state index in [2.05, 4.69) is 29.2 Å². The second-order valence-electron chi connectivity index (χ2n) is 9.34. The number of benzene rings is 3. The van der Waals surface area contributed by atoms with E-state index in [1.807, 2.05) is 37.3 Å². The number of nitrogens with zero attached hydrogens (tertiary/aromatic N) is 2. The van der Waals surface area contributed by atoms with E-state index in [9.17, 15) is 14.8 Å². The molecule has 0 unspecified atom stereocenters. The average Bonchev–Trinajstić information content (AvgIpc) is 3.18. The van der Waals surface area contributed by atoms with Crippen molar-refractivity contribution in [3.05, 3.63) is 82.9 Å². The Morgan fingerprint density at radius 2 is 1.60 bits per heavy atom. The molecular formula is C27H30BN3O4. The Balaban J connectivity index is 1.18. The zero-order valence-electron chi connectivity index (χ0n) is 19.9. The molecule has 1 aliphatic carbocycles. The molecule has 0 saturated carbocycles. The fourth-order valence-corrected chi connectivity index (χ4v) is 5.27. The Hall–Kier alpha value is -3.33. The molecular weight excluding hydrogens is 441 g/mol. The van der Waals surface area contributed by atoms with Gasteiger partial charge in [-0.2, -0.15) is 0 Å². The third-order valence-corrected chi connectivity index (χ3v) is 7.22. The predicted octanol–water partition coefficient (Wildman–Crippen LogP) is 2.32. The van der Waals surface area contributed by atoms with E-state index in [1.165, 1.54) is 22.3 Å². The zero-order valence-corrected chi connectivity index (χ0v) is 19.9. The second-order valence-corrected chi connectivity index (χ2v) is 9.34. The van der Waals surface area contributed by atoms with Gasteiger partial charge in [0.1, 0.15) is 6.61 Å². The summed E-state index contributed by atoms with van der Waals surface area (Å²) in [5, 5.41) is 19.2. The highest BCUT2D eigenvalue weighted by molar-refractivity contribution is 6.59. The number of fused-ring (bicyclic) bond motifs is 3. The molecule has 1 saturated heterocycles. The number of carbonyl (C=O) groups excluding carboxylic acids is 1. The summed E-state index contributed by atoms with van der Waals surface area (Å²) in [6, 6.07) is 20.1. The average molecular weight is 471 g/mol. The van der Waals surface area contributed by atoms with E-state index in [1.54, 1.807) is 11.0 Å². The number of hydrogen-bond donors (Lipinski definition) is 3. The molecule has 2 aliphatic rings. The molecule has 1 fully saturated rings. The van der Waals surface area contributed by atoms with Crippen molar-refractivity contribution in [2.24, 2.45) is 0 Å². The molecule has 180 valence electrons. The van der Waals surface area contributed by atoms with Crippen LogP contribution in [0, 0.1) is 6.92 Å². The van der Waals surface area contributed by atoms with Crippen LogP contribution < -0.4 is 11.2 Å². The van der Waals surface area contributed by atoms with E-state index < -0.39 is 7.12 Å². The fourth-order valence-electron chi connectivity index (χ4n) is 5.27. The van der Waals surface area contributed by atoms with Gasteiger partial charge in [-0.25, -0.2) is 4.79 Å². The highest BCUT2D eigenvalue weighted by atomic mass is 16.6. The van der Waals surface area contributed by atoms with Crippen molar-refractivity contribution in [2.75, 3.05) is 38.5 Å². The summed E-state index contributed by atoms with van der Waals surface area (Å²) in [5.74, 6) is 0.0511. The number of piperazine rings is 1. The molecule has 3 aromatic carbocycles. The third-order valence-electron chi connectivity index (χ3n) is 7.22. The van der Waals surface area contributed by atoms with Crippen LogP contribution in [0.3, 0.4) is 0 Å². The number of nitrogen functional groups attached to an aromatic ring is 1. The fraction of sp³-hybridized carbons (Fsp3) is 0.296. The molecule has 5 rings (SSSR count). The SMILES string of the molecule is Cc1c(CN2CCN(C(=O)OCC3c4ccccc4-c4ccccc43)CC2)cc(N)cc1B(O)O. The van der Waals surface area contributed by atoms with Crippen LogP contribution in [0.4, 0.5) is 10.5 Å². The molecule has 1 amide bonds. The minimum absolute atomic E-state index is 0.0511. The maximum Gasteiger partial charge on any atom is 0.488 e. The van der Waals surface area contributed by atoms with Gasteiger partial charge in [0.25, 0.3) is 0 Å². The van der Waals surface area contributed by atoms with Gasteiger partial charge in [0.2, 0.25) is 0 Å². The van der Waals surface area contributed by atoms with Gasteiger partial charge in [-0.05, 0) is 57.9 Å². The Morgan fingerprint density at radius 1 is 1.00 bits per heavy atom. The monoisotopic (exact) mass is 471 g/mol. The Labute approximate surface area is 205 Å². The molecule has 4 N–H and O–H groups in total. The van der Waals surface area contributed by atoms with Crippen molar-refractivity contribution in [3.63, 3.8) is 0 Å². The standard InChI is InChI=1S/C27H30BN3O4/c1-18-19(14-20(29)15-26(18)28(33)34)16-30-10-12-31(13-11-30)27(32)35-17-25-23-8-4-2-6-21(23)22-7-3-5-9-24(22)25/h2-9,14-15,25,33-34H,10-13,16-17,29H2,1H3. The van der Waals surface area contributed by atoms with Gasteiger partial charge < -0.3 is 25.4 Å². The van der Waals surface area contributed by atoms with E-state index in [0.29, 0.717) is 50.5 Å². The van der Waals surface area contributed by atoms with Gasteiger partial charge in [0, 0.05) is 44.3 Å². The number of nitrogens with two attached hydrogens (primary N) is 1. The maximum atomic E-state index is 12.9. The normalized spacial score (nSPS) is 15.6. The van der Waals surface area contributed by atoms with E-state index >= 15 is 0 Å². The minimum atomic E-state index is -1.55.